The van der Waals surface area contributed by atoms with Crippen LogP contribution in [0, 0.1) is 0 Å². The van der Waals surface area contributed by atoms with Crippen LogP contribution in [0.4, 0.5) is 0 Å². The molecule has 1 aromatic rings. The van der Waals surface area contributed by atoms with Crippen molar-refractivity contribution in [2.45, 2.75) is 15.0 Å². The lowest BCUT2D eigenvalue weighted by Crippen LogP contribution is -2.10. The molecule has 70 valence electrons. The zero-order valence-corrected chi connectivity index (χ0v) is 8.77. The van der Waals surface area contributed by atoms with E-state index >= 15 is 0 Å². The van der Waals surface area contributed by atoms with E-state index < -0.39 is 19.9 Å². The predicted molar refractivity (Wildman–Crippen MR) is 51.9 cm³/mol. The van der Waals surface area contributed by atoms with Crippen LogP contribution in [-0.2, 0) is 9.84 Å². The van der Waals surface area contributed by atoms with Crippen molar-refractivity contribution in [3.63, 3.8) is 0 Å². The van der Waals surface area contributed by atoms with Crippen LogP contribution in [0.15, 0.2) is 29.2 Å². The molecule has 0 spiro atoms. The van der Waals surface area contributed by atoms with Gasteiger partial charge < -0.3 is 0 Å². The summed E-state index contributed by atoms with van der Waals surface area (Å²) < 4.78 is 22.1. The fraction of sp³-hybridized carbons (Fsp3) is 0.250. The quantitative estimate of drug-likeness (QED) is 0.649. The van der Waals surface area contributed by atoms with Gasteiger partial charge in [0.15, 0.2) is 14.5 Å². The second-order valence-corrected chi connectivity index (χ2v) is 6.07. The minimum absolute atomic E-state index is 0.259. The van der Waals surface area contributed by atoms with Gasteiger partial charge in [0.1, 0.15) is 0 Å². The summed E-state index contributed by atoms with van der Waals surface area (Å²) in [6.45, 7) is 0. The number of rotatable bonds is 0. The van der Waals surface area contributed by atoms with Crippen molar-refractivity contribution in [2.24, 2.45) is 0 Å². The maximum atomic E-state index is 11.6. The van der Waals surface area contributed by atoms with Gasteiger partial charge in [-0.05, 0) is 11.6 Å². The summed E-state index contributed by atoms with van der Waals surface area (Å²) in [5.41, 5.74) is 0.601. The molecule has 0 unspecified atom stereocenters. The number of alkyl halides is 2. The molecule has 0 aromatic heterocycles. The average Bonchev–Trinajstić information content (AvgIpc) is 2.30. The van der Waals surface area contributed by atoms with E-state index in [1.807, 2.05) is 0 Å². The fourth-order valence-electron chi connectivity index (χ4n) is 1.39. The molecule has 1 aliphatic heterocycles. The minimum Gasteiger partial charge on any atom is -0.222 e. The largest absolute Gasteiger partial charge is 0.222 e. The van der Waals surface area contributed by atoms with Gasteiger partial charge in [0.05, 0.1) is 10.3 Å². The number of hydrogen-bond donors (Lipinski definition) is 0. The Kier molecular flexibility index (Phi) is 2.06. The van der Waals surface area contributed by atoms with Gasteiger partial charge >= 0.3 is 0 Å². The van der Waals surface area contributed by atoms with Crippen LogP contribution in [0.2, 0.25) is 0 Å². The van der Waals surface area contributed by atoms with Gasteiger partial charge in [-0.2, -0.15) is 0 Å². The summed E-state index contributed by atoms with van der Waals surface area (Å²) in [4.78, 5) is 0.259. The van der Waals surface area contributed by atoms with Crippen LogP contribution in [0.3, 0.4) is 0 Å². The maximum absolute atomic E-state index is 11.6. The maximum Gasteiger partial charge on any atom is 0.197 e. The summed E-state index contributed by atoms with van der Waals surface area (Å²) in [7, 11) is -3.40. The molecule has 0 N–H and O–H groups in total. The van der Waals surface area contributed by atoms with Crippen LogP contribution in [-0.4, -0.2) is 13.1 Å². The van der Waals surface area contributed by atoms with Crippen LogP contribution in [0.5, 0.6) is 0 Å². The molecule has 0 fully saturated rings. The van der Waals surface area contributed by atoms with E-state index in [1.54, 1.807) is 18.2 Å². The van der Waals surface area contributed by atoms with E-state index in [0.717, 1.165) is 0 Å². The molecule has 0 amide bonds. The Bertz CT molecular complexity index is 441. The Morgan fingerprint density at radius 2 is 1.77 bits per heavy atom. The third-order valence-electron chi connectivity index (χ3n) is 2.05. The molecule has 13 heavy (non-hydrogen) atoms. The number of fused-ring (bicyclic) bond motifs is 1. The number of hydrogen-bond acceptors (Lipinski definition) is 2. The first kappa shape index (κ1) is 9.31. The van der Waals surface area contributed by atoms with Gasteiger partial charge in [-0.3, -0.25) is 0 Å². The SMILES string of the molecule is O=S1(=O)c2ccccc2[C@@H](Cl)[C@@H]1Cl. The fourth-order valence-corrected chi connectivity index (χ4v) is 3.97. The molecule has 0 bridgehead atoms. The molecule has 1 aromatic carbocycles. The second-order valence-electron chi connectivity index (χ2n) is 2.84. The normalized spacial score (nSPS) is 30.0. The second kappa shape index (κ2) is 2.87. The van der Waals surface area contributed by atoms with E-state index in [0.29, 0.717) is 5.56 Å². The zero-order chi connectivity index (χ0) is 9.64. The average molecular weight is 237 g/mol. The van der Waals surface area contributed by atoms with Crippen molar-refractivity contribution < 1.29 is 8.42 Å². The summed E-state index contributed by atoms with van der Waals surface area (Å²) in [5.74, 6) is 0. The molecule has 0 saturated heterocycles. The van der Waals surface area contributed by atoms with Crippen LogP contribution in [0.1, 0.15) is 10.9 Å². The first-order valence-corrected chi connectivity index (χ1v) is 6.08. The molecule has 5 heteroatoms. The highest BCUT2D eigenvalue weighted by molar-refractivity contribution is 7.93. The van der Waals surface area contributed by atoms with Gasteiger partial charge in [-0.1, -0.05) is 18.2 Å². The standard InChI is InChI=1S/C8H6Cl2O2S/c9-7-5-3-1-2-4-6(5)13(11,12)8(7)10/h1-4,7-8H/t7-,8-/m1/s1. The molecule has 0 saturated carbocycles. The molecule has 0 radical (unpaired) electrons. The van der Waals surface area contributed by atoms with E-state index in [-0.39, 0.29) is 4.90 Å². The molecule has 2 nitrogen and oxygen atoms in total. The minimum atomic E-state index is -3.40. The molecule has 1 heterocycles. The third-order valence-corrected chi connectivity index (χ3v) is 5.62. The van der Waals surface area contributed by atoms with Gasteiger partial charge in [0, 0.05) is 0 Å². The van der Waals surface area contributed by atoms with Gasteiger partial charge in [0.25, 0.3) is 0 Å². The van der Waals surface area contributed by atoms with E-state index in [4.69, 9.17) is 23.2 Å². The Morgan fingerprint density at radius 3 is 2.38 bits per heavy atom. The first-order chi connectivity index (χ1) is 6.05. The van der Waals surface area contributed by atoms with Gasteiger partial charge in [-0.25, -0.2) is 8.42 Å². The monoisotopic (exact) mass is 236 g/mol. The highest BCUT2D eigenvalue weighted by Gasteiger charge is 2.42. The summed E-state index contributed by atoms with van der Waals surface area (Å²) in [6, 6.07) is 6.63. The Labute approximate surface area is 86.4 Å². The molecule has 2 rings (SSSR count). The molecular weight excluding hydrogens is 231 g/mol. The van der Waals surface area contributed by atoms with Crippen molar-refractivity contribution in [2.75, 3.05) is 0 Å². The smallest absolute Gasteiger partial charge is 0.197 e. The van der Waals surface area contributed by atoms with Crippen LogP contribution in [0.25, 0.3) is 0 Å². The third kappa shape index (κ3) is 1.18. The topological polar surface area (TPSA) is 34.1 Å². The summed E-state index contributed by atoms with van der Waals surface area (Å²) >= 11 is 11.6. The van der Waals surface area contributed by atoms with E-state index in [1.165, 1.54) is 6.07 Å². The van der Waals surface area contributed by atoms with Gasteiger partial charge in [-0.15, -0.1) is 23.2 Å². The van der Waals surface area contributed by atoms with Crippen LogP contribution < -0.4 is 0 Å². The Hall–Kier alpha value is -0.250. The lowest BCUT2D eigenvalue weighted by Gasteiger charge is -2.02. The molecule has 1 aliphatic rings. The van der Waals surface area contributed by atoms with Crippen molar-refractivity contribution in [1.82, 2.24) is 0 Å². The molecular formula is C8H6Cl2O2S. The van der Waals surface area contributed by atoms with E-state index in [2.05, 4.69) is 0 Å². The lowest BCUT2D eigenvalue weighted by molar-refractivity contribution is 0.597. The number of sulfone groups is 1. The highest BCUT2D eigenvalue weighted by atomic mass is 35.5. The van der Waals surface area contributed by atoms with Gasteiger partial charge in [0.2, 0.25) is 0 Å². The highest BCUT2D eigenvalue weighted by Crippen LogP contribution is 2.44. The van der Waals surface area contributed by atoms with Crippen molar-refractivity contribution in [1.29, 1.82) is 0 Å². The zero-order valence-electron chi connectivity index (χ0n) is 6.44. The number of halogens is 2. The lowest BCUT2D eigenvalue weighted by atomic mass is 10.2. The molecule has 2 atom stereocenters. The van der Waals surface area contributed by atoms with Crippen molar-refractivity contribution >= 4 is 33.0 Å². The van der Waals surface area contributed by atoms with E-state index in [9.17, 15) is 8.42 Å². The van der Waals surface area contributed by atoms with Crippen LogP contribution >= 0.6 is 23.2 Å². The van der Waals surface area contributed by atoms with Crippen molar-refractivity contribution in [3.8, 4) is 0 Å². The Morgan fingerprint density at radius 1 is 1.15 bits per heavy atom. The predicted octanol–water partition coefficient (Wildman–Crippen LogP) is 2.32. The summed E-state index contributed by atoms with van der Waals surface area (Å²) in [6.07, 6.45) is 0. The summed E-state index contributed by atoms with van der Waals surface area (Å²) in [5, 5.41) is -0.636. The first-order valence-electron chi connectivity index (χ1n) is 3.66. The number of benzene rings is 1. The molecule has 0 aliphatic carbocycles. The van der Waals surface area contributed by atoms with Crippen molar-refractivity contribution in [3.05, 3.63) is 29.8 Å². The Balaban J connectivity index is 2.76.